The number of rotatable bonds is 5. The van der Waals surface area contributed by atoms with Gasteiger partial charge in [0.05, 0.1) is 21.5 Å². The minimum absolute atomic E-state index is 0.114. The smallest absolute Gasteiger partial charge is 0.232 e. The van der Waals surface area contributed by atoms with Gasteiger partial charge in [-0.3, -0.25) is 4.79 Å². The van der Waals surface area contributed by atoms with Crippen LogP contribution in [0.15, 0.2) is 42.5 Å². The fraction of sp³-hybridized carbons (Fsp3) is 0.316. The highest BCUT2D eigenvalue weighted by Crippen LogP contribution is 2.25. The normalized spacial score (nSPS) is 14.6. The predicted molar refractivity (Wildman–Crippen MR) is 108 cm³/mol. The largest absolute Gasteiger partial charge is 0.366 e. The van der Waals surface area contributed by atoms with Crippen LogP contribution in [-0.4, -0.2) is 42.7 Å². The van der Waals surface area contributed by atoms with Gasteiger partial charge in [-0.15, -0.1) is 11.8 Å². The van der Waals surface area contributed by atoms with Gasteiger partial charge < -0.3 is 9.80 Å². The lowest BCUT2D eigenvalue weighted by Crippen LogP contribution is -2.49. The van der Waals surface area contributed by atoms with Gasteiger partial charge in [-0.2, -0.15) is 0 Å². The van der Waals surface area contributed by atoms with Gasteiger partial charge in [0, 0.05) is 31.9 Å². The van der Waals surface area contributed by atoms with Crippen LogP contribution < -0.4 is 4.90 Å². The number of anilines is 1. The minimum Gasteiger partial charge on any atom is -0.366 e. The van der Waals surface area contributed by atoms with Crippen molar-refractivity contribution < 1.29 is 9.18 Å². The molecular weight excluding hydrogens is 394 g/mol. The molecule has 7 heteroatoms. The number of piperazine rings is 1. The Hall–Kier alpha value is -1.43. The first-order valence-corrected chi connectivity index (χ1v) is 10.2. The summed E-state index contributed by atoms with van der Waals surface area (Å²) in [5, 5.41) is 1.06. The number of halogens is 3. The summed E-state index contributed by atoms with van der Waals surface area (Å²) < 4.78 is 13.9. The van der Waals surface area contributed by atoms with Gasteiger partial charge in [-0.05, 0) is 29.8 Å². The third-order valence-corrected chi connectivity index (χ3v) is 6.03. The van der Waals surface area contributed by atoms with Crippen LogP contribution in [0.3, 0.4) is 0 Å². The number of hydrogen-bond donors (Lipinski definition) is 0. The zero-order valence-corrected chi connectivity index (χ0v) is 16.5. The average Bonchev–Trinajstić information content (AvgIpc) is 2.65. The SMILES string of the molecule is O=C(CSCc1ccc(Cl)c(Cl)c1)N1CCN(c2ccccc2F)CC1. The number of benzene rings is 2. The van der Waals surface area contributed by atoms with Crippen molar-refractivity contribution in [3.8, 4) is 0 Å². The summed E-state index contributed by atoms with van der Waals surface area (Å²) in [5.41, 5.74) is 1.65. The summed E-state index contributed by atoms with van der Waals surface area (Å²) in [6, 6.07) is 12.3. The van der Waals surface area contributed by atoms with E-state index in [-0.39, 0.29) is 11.7 Å². The molecule has 0 spiro atoms. The molecule has 1 heterocycles. The molecule has 0 bridgehead atoms. The first kappa shape index (κ1) is 19.3. The zero-order valence-electron chi connectivity index (χ0n) is 14.1. The van der Waals surface area contributed by atoms with Crippen LogP contribution in [0.1, 0.15) is 5.56 Å². The maximum Gasteiger partial charge on any atom is 0.232 e. The van der Waals surface area contributed by atoms with E-state index in [0.717, 1.165) is 5.56 Å². The number of hydrogen-bond acceptors (Lipinski definition) is 3. The Labute approximate surface area is 167 Å². The third kappa shape index (κ3) is 4.84. The maximum absolute atomic E-state index is 13.9. The summed E-state index contributed by atoms with van der Waals surface area (Å²) in [7, 11) is 0. The second-order valence-electron chi connectivity index (χ2n) is 6.06. The molecule has 3 rings (SSSR count). The van der Waals surface area contributed by atoms with Crippen LogP contribution in [-0.2, 0) is 10.5 Å². The van der Waals surface area contributed by atoms with Crippen LogP contribution in [0.2, 0.25) is 10.0 Å². The van der Waals surface area contributed by atoms with Gasteiger partial charge in [-0.25, -0.2) is 4.39 Å². The van der Waals surface area contributed by atoms with E-state index >= 15 is 0 Å². The second kappa shape index (κ2) is 8.98. The Morgan fingerprint density at radius 3 is 2.46 bits per heavy atom. The van der Waals surface area contributed by atoms with Crippen LogP contribution in [0.4, 0.5) is 10.1 Å². The van der Waals surface area contributed by atoms with Crippen molar-refractivity contribution >= 4 is 46.6 Å². The topological polar surface area (TPSA) is 23.6 Å². The van der Waals surface area contributed by atoms with Crippen molar-refractivity contribution in [1.29, 1.82) is 0 Å². The Kier molecular flexibility index (Phi) is 6.68. The number of amides is 1. The molecule has 0 aliphatic carbocycles. The standard InChI is InChI=1S/C19H19Cl2FN2OS/c20-15-6-5-14(11-16(15)21)12-26-13-19(25)24-9-7-23(8-10-24)18-4-2-1-3-17(18)22/h1-6,11H,7-10,12-13H2. The predicted octanol–water partition coefficient (Wildman–Crippen LogP) is 4.71. The van der Waals surface area contributed by atoms with Crippen molar-refractivity contribution in [2.24, 2.45) is 0 Å². The third-order valence-electron chi connectivity index (χ3n) is 4.30. The van der Waals surface area contributed by atoms with Gasteiger partial charge >= 0.3 is 0 Å². The monoisotopic (exact) mass is 412 g/mol. The van der Waals surface area contributed by atoms with Crippen LogP contribution in [0.5, 0.6) is 0 Å². The van der Waals surface area contributed by atoms with E-state index in [0.29, 0.717) is 53.4 Å². The van der Waals surface area contributed by atoms with Crippen LogP contribution >= 0.6 is 35.0 Å². The number of nitrogens with zero attached hydrogens (tertiary/aromatic N) is 2. The van der Waals surface area contributed by atoms with E-state index < -0.39 is 0 Å². The lowest BCUT2D eigenvalue weighted by Gasteiger charge is -2.36. The van der Waals surface area contributed by atoms with Crippen LogP contribution in [0.25, 0.3) is 0 Å². The molecule has 1 aliphatic rings. The number of carbonyl (C=O) groups is 1. The van der Waals surface area contributed by atoms with Crippen molar-refractivity contribution in [3.63, 3.8) is 0 Å². The van der Waals surface area contributed by atoms with Gasteiger partial charge in [0.15, 0.2) is 0 Å². The second-order valence-corrected chi connectivity index (χ2v) is 7.86. The summed E-state index contributed by atoms with van der Waals surface area (Å²) in [6.45, 7) is 2.51. The molecule has 0 saturated carbocycles. The van der Waals surface area contributed by atoms with E-state index in [1.807, 2.05) is 28.0 Å². The first-order valence-electron chi connectivity index (χ1n) is 8.33. The lowest BCUT2D eigenvalue weighted by molar-refractivity contribution is -0.128. The summed E-state index contributed by atoms with van der Waals surface area (Å²) in [4.78, 5) is 16.2. The highest BCUT2D eigenvalue weighted by molar-refractivity contribution is 7.99. The lowest BCUT2D eigenvalue weighted by atomic mass is 10.2. The molecule has 1 saturated heterocycles. The first-order chi connectivity index (χ1) is 12.5. The van der Waals surface area contributed by atoms with E-state index in [9.17, 15) is 9.18 Å². The maximum atomic E-state index is 13.9. The van der Waals surface area contributed by atoms with Crippen molar-refractivity contribution in [3.05, 3.63) is 63.9 Å². The fourth-order valence-corrected chi connectivity index (χ4v) is 4.08. The Morgan fingerprint density at radius 2 is 1.77 bits per heavy atom. The molecule has 0 unspecified atom stereocenters. The van der Waals surface area contributed by atoms with Crippen molar-refractivity contribution in [2.45, 2.75) is 5.75 Å². The molecule has 0 radical (unpaired) electrons. The molecule has 1 amide bonds. The fourth-order valence-electron chi connectivity index (χ4n) is 2.88. The molecule has 1 aliphatic heterocycles. The Balaban J connectivity index is 1.45. The summed E-state index contributed by atoms with van der Waals surface area (Å²) in [5.74, 6) is 1.02. The van der Waals surface area contributed by atoms with Gasteiger partial charge in [0.1, 0.15) is 5.82 Å². The molecule has 138 valence electrons. The van der Waals surface area contributed by atoms with Gasteiger partial charge in [0.25, 0.3) is 0 Å². The summed E-state index contributed by atoms with van der Waals surface area (Å²) in [6.07, 6.45) is 0. The minimum atomic E-state index is -0.218. The molecule has 1 fully saturated rings. The number of carbonyl (C=O) groups excluding carboxylic acids is 1. The van der Waals surface area contributed by atoms with E-state index in [1.54, 1.807) is 30.0 Å². The summed E-state index contributed by atoms with van der Waals surface area (Å²) >= 11 is 13.5. The molecule has 0 aromatic heterocycles. The average molecular weight is 413 g/mol. The Bertz CT molecular complexity index is 782. The molecule has 0 atom stereocenters. The van der Waals surface area contributed by atoms with Gasteiger partial charge in [-0.1, -0.05) is 41.4 Å². The highest BCUT2D eigenvalue weighted by Gasteiger charge is 2.22. The number of para-hydroxylation sites is 1. The molecule has 2 aromatic carbocycles. The molecular formula is C19H19Cl2FN2OS. The van der Waals surface area contributed by atoms with Gasteiger partial charge in [0.2, 0.25) is 5.91 Å². The number of thioether (sulfide) groups is 1. The molecule has 2 aromatic rings. The zero-order chi connectivity index (χ0) is 18.5. The molecule has 0 N–H and O–H groups in total. The molecule has 26 heavy (non-hydrogen) atoms. The molecule has 3 nitrogen and oxygen atoms in total. The quantitative estimate of drug-likeness (QED) is 0.709. The Morgan fingerprint density at radius 1 is 1.04 bits per heavy atom. The van der Waals surface area contributed by atoms with E-state index in [2.05, 4.69) is 0 Å². The van der Waals surface area contributed by atoms with Crippen molar-refractivity contribution in [2.75, 3.05) is 36.8 Å². The van der Waals surface area contributed by atoms with E-state index in [1.165, 1.54) is 6.07 Å². The van der Waals surface area contributed by atoms with Crippen LogP contribution in [0, 0.1) is 5.82 Å². The van der Waals surface area contributed by atoms with E-state index in [4.69, 9.17) is 23.2 Å². The van der Waals surface area contributed by atoms with Crippen molar-refractivity contribution in [1.82, 2.24) is 4.90 Å². The highest BCUT2D eigenvalue weighted by atomic mass is 35.5.